The predicted octanol–water partition coefficient (Wildman–Crippen LogP) is 0.488. The van der Waals surface area contributed by atoms with Crippen LogP contribution in [0, 0.1) is 5.92 Å². The Morgan fingerprint density at radius 1 is 1.32 bits per heavy atom. The lowest BCUT2D eigenvalue weighted by Crippen LogP contribution is -3.15. The Morgan fingerprint density at radius 3 is 2.89 bits per heavy atom. The number of hydrogen-bond donors (Lipinski definition) is 1. The number of likely N-dealkylation sites (tertiary alicyclic amines) is 1. The number of nitrogens with zero attached hydrogens (tertiary/aromatic N) is 1. The van der Waals surface area contributed by atoms with Gasteiger partial charge in [-0.1, -0.05) is 19.1 Å². The van der Waals surface area contributed by atoms with E-state index in [9.17, 15) is 9.59 Å². The first kappa shape index (κ1) is 12.4. The topological polar surface area (TPSA) is 41.8 Å². The Balaban J connectivity index is 1.81. The normalized spacial score (nSPS) is 26.7. The SMILES string of the molecule is C[C@H]1CCC[NH+](CN2C(=O)C(=O)c3ccccc32)C1. The van der Waals surface area contributed by atoms with Crippen molar-refractivity contribution in [2.24, 2.45) is 5.92 Å². The summed E-state index contributed by atoms with van der Waals surface area (Å²) in [6, 6.07) is 7.30. The molecule has 0 aliphatic carbocycles. The van der Waals surface area contributed by atoms with Crippen molar-refractivity contribution in [2.75, 3.05) is 24.7 Å². The lowest BCUT2D eigenvalue weighted by Gasteiger charge is -2.30. The minimum atomic E-state index is -0.369. The van der Waals surface area contributed by atoms with Gasteiger partial charge in [-0.2, -0.15) is 0 Å². The van der Waals surface area contributed by atoms with E-state index in [2.05, 4.69) is 6.92 Å². The largest absolute Gasteiger partial charge is 0.317 e. The standard InChI is InChI=1S/C15H18N2O2/c1-11-5-4-8-16(9-11)10-17-13-7-3-2-6-12(13)14(18)15(17)19/h2-3,6-7,11H,4-5,8-10H2,1H3/p+1/t11-/m0/s1. The van der Waals surface area contributed by atoms with Crippen molar-refractivity contribution in [1.29, 1.82) is 0 Å². The summed E-state index contributed by atoms with van der Waals surface area (Å²) in [5.41, 5.74) is 1.33. The maximum atomic E-state index is 12.1. The third-order valence-corrected chi connectivity index (χ3v) is 4.12. The van der Waals surface area contributed by atoms with E-state index in [0.29, 0.717) is 18.2 Å². The van der Waals surface area contributed by atoms with E-state index in [1.807, 2.05) is 18.2 Å². The minimum Gasteiger partial charge on any atom is -0.317 e. The number of Topliss-reactive ketones (excluding diaryl/α,β-unsaturated/α-hetero) is 1. The summed E-state index contributed by atoms with van der Waals surface area (Å²) in [4.78, 5) is 27.1. The molecule has 19 heavy (non-hydrogen) atoms. The fourth-order valence-electron chi connectivity index (χ4n) is 3.17. The average molecular weight is 259 g/mol. The molecule has 0 saturated carbocycles. The summed E-state index contributed by atoms with van der Waals surface area (Å²) >= 11 is 0. The number of hydrogen-bond acceptors (Lipinski definition) is 2. The summed E-state index contributed by atoms with van der Waals surface area (Å²) in [6.45, 7) is 5.04. The number of anilines is 1. The molecular weight excluding hydrogens is 240 g/mol. The number of piperidine rings is 1. The van der Waals surface area contributed by atoms with Crippen LogP contribution in [0.25, 0.3) is 0 Å². The smallest absolute Gasteiger partial charge is 0.303 e. The number of rotatable bonds is 2. The molecule has 0 radical (unpaired) electrons. The third kappa shape index (κ3) is 2.16. The highest BCUT2D eigenvalue weighted by atomic mass is 16.2. The molecule has 2 atom stereocenters. The fourth-order valence-corrected chi connectivity index (χ4v) is 3.17. The molecule has 1 aromatic carbocycles. The highest BCUT2D eigenvalue weighted by Crippen LogP contribution is 2.27. The summed E-state index contributed by atoms with van der Waals surface area (Å²) in [5, 5.41) is 0. The Bertz CT molecular complexity index is 527. The molecule has 4 nitrogen and oxygen atoms in total. The lowest BCUT2D eigenvalue weighted by molar-refractivity contribution is -0.907. The van der Waals surface area contributed by atoms with Gasteiger partial charge in [0.2, 0.25) is 0 Å². The molecule has 0 spiro atoms. The van der Waals surface area contributed by atoms with E-state index in [4.69, 9.17) is 0 Å². The number of ketones is 1. The number of nitrogens with one attached hydrogen (secondary N) is 1. The molecule has 1 fully saturated rings. The third-order valence-electron chi connectivity index (χ3n) is 4.12. The second-order valence-electron chi connectivity index (χ2n) is 5.69. The van der Waals surface area contributed by atoms with Gasteiger partial charge in [0.1, 0.15) is 0 Å². The molecule has 1 N–H and O–H groups in total. The number of fused-ring (bicyclic) bond motifs is 1. The monoisotopic (exact) mass is 259 g/mol. The lowest BCUT2D eigenvalue weighted by atomic mass is 10.0. The zero-order valence-electron chi connectivity index (χ0n) is 11.2. The first-order valence-electron chi connectivity index (χ1n) is 6.95. The van der Waals surface area contributed by atoms with Crippen molar-refractivity contribution in [2.45, 2.75) is 19.8 Å². The molecule has 2 aliphatic rings. The molecule has 1 unspecified atom stereocenters. The van der Waals surface area contributed by atoms with Crippen molar-refractivity contribution in [3.05, 3.63) is 29.8 Å². The van der Waals surface area contributed by atoms with Gasteiger partial charge in [-0.15, -0.1) is 0 Å². The van der Waals surface area contributed by atoms with Crippen LogP contribution < -0.4 is 9.80 Å². The van der Waals surface area contributed by atoms with Gasteiger partial charge < -0.3 is 4.90 Å². The molecule has 0 aromatic heterocycles. The number of quaternary nitrogens is 1. The van der Waals surface area contributed by atoms with Gasteiger partial charge >= 0.3 is 5.91 Å². The summed E-state index contributed by atoms with van der Waals surface area (Å²) in [6.07, 6.45) is 2.47. The molecular formula is C15H19N2O2+. The molecule has 3 rings (SSSR count). The van der Waals surface area contributed by atoms with Crippen molar-refractivity contribution >= 4 is 17.4 Å². The van der Waals surface area contributed by atoms with Crippen LogP contribution in [0.5, 0.6) is 0 Å². The predicted molar refractivity (Wildman–Crippen MR) is 72.2 cm³/mol. The quantitative estimate of drug-likeness (QED) is 0.785. The molecule has 2 heterocycles. The van der Waals surface area contributed by atoms with Gasteiger partial charge in [0.05, 0.1) is 24.3 Å². The molecule has 1 aromatic rings. The van der Waals surface area contributed by atoms with Crippen molar-refractivity contribution in [3.63, 3.8) is 0 Å². The minimum absolute atomic E-state index is 0.361. The molecule has 1 saturated heterocycles. The van der Waals surface area contributed by atoms with Gasteiger partial charge in [-0.3, -0.25) is 14.5 Å². The second kappa shape index (κ2) is 4.78. The first-order valence-corrected chi connectivity index (χ1v) is 6.95. The van der Waals surface area contributed by atoms with Crippen molar-refractivity contribution in [1.82, 2.24) is 0 Å². The van der Waals surface area contributed by atoms with E-state index in [0.717, 1.165) is 18.8 Å². The maximum Gasteiger partial charge on any atom is 0.303 e. The molecule has 4 heteroatoms. The molecule has 2 aliphatic heterocycles. The van der Waals surface area contributed by atoms with Crippen LogP contribution in [0.1, 0.15) is 30.1 Å². The van der Waals surface area contributed by atoms with Crippen LogP contribution in [-0.4, -0.2) is 31.4 Å². The Hall–Kier alpha value is -1.68. The van der Waals surface area contributed by atoms with Gasteiger partial charge in [-0.25, -0.2) is 0 Å². The van der Waals surface area contributed by atoms with E-state index in [-0.39, 0.29) is 11.7 Å². The highest BCUT2D eigenvalue weighted by Gasteiger charge is 2.37. The van der Waals surface area contributed by atoms with Crippen LogP contribution in [0.4, 0.5) is 5.69 Å². The van der Waals surface area contributed by atoms with Gasteiger partial charge in [-0.05, 0) is 25.0 Å². The zero-order valence-corrected chi connectivity index (χ0v) is 11.2. The summed E-state index contributed by atoms with van der Waals surface area (Å²) in [7, 11) is 0. The van der Waals surface area contributed by atoms with Crippen molar-refractivity contribution < 1.29 is 14.5 Å². The van der Waals surface area contributed by atoms with Gasteiger partial charge in [0, 0.05) is 5.92 Å². The number of benzene rings is 1. The van der Waals surface area contributed by atoms with Crippen LogP contribution in [0.2, 0.25) is 0 Å². The van der Waals surface area contributed by atoms with E-state index < -0.39 is 0 Å². The fraction of sp³-hybridized carbons (Fsp3) is 0.467. The van der Waals surface area contributed by atoms with E-state index in [1.54, 1.807) is 11.0 Å². The van der Waals surface area contributed by atoms with Crippen LogP contribution >= 0.6 is 0 Å². The second-order valence-corrected chi connectivity index (χ2v) is 5.69. The Kier molecular flexibility index (Phi) is 3.11. The van der Waals surface area contributed by atoms with Gasteiger partial charge in [0.15, 0.2) is 6.67 Å². The summed E-state index contributed by atoms with van der Waals surface area (Å²) < 4.78 is 0. The number of carbonyl (C=O) groups is 2. The van der Waals surface area contributed by atoms with Crippen LogP contribution in [0.15, 0.2) is 24.3 Å². The van der Waals surface area contributed by atoms with E-state index >= 15 is 0 Å². The highest BCUT2D eigenvalue weighted by molar-refractivity contribution is 6.52. The van der Waals surface area contributed by atoms with E-state index in [1.165, 1.54) is 17.7 Å². The molecule has 100 valence electrons. The van der Waals surface area contributed by atoms with Crippen LogP contribution in [0.3, 0.4) is 0 Å². The van der Waals surface area contributed by atoms with Crippen molar-refractivity contribution in [3.8, 4) is 0 Å². The Labute approximate surface area is 113 Å². The summed E-state index contributed by atoms with van der Waals surface area (Å²) in [5.74, 6) is -0.0283. The number of para-hydroxylation sites is 1. The Morgan fingerprint density at radius 2 is 2.11 bits per heavy atom. The average Bonchev–Trinajstić information content (AvgIpc) is 2.65. The molecule has 1 amide bonds. The molecule has 0 bridgehead atoms. The van der Waals surface area contributed by atoms with Gasteiger partial charge in [0.25, 0.3) is 5.78 Å². The van der Waals surface area contributed by atoms with Crippen LogP contribution in [-0.2, 0) is 4.79 Å². The number of amides is 1. The maximum absolute atomic E-state index is 12.1. The first-order chi connectivity index (χ1) is 9.16. The zero-order chi connectivity index (χ0) is 13.4. The number of carbonyl (C=O) groups excluding carboxylic acids is 2.